The fourth-order valence-corrected chi connectivity index (χ4v) is 5.30. The number of piperidine rings is 1. The number of fused-ring (bicyclic) bond motifs is 1. The summed E-state index contributed by atoms with van der Waals surface area (Å²) >= 11 is 0. The minimum atomic E-state index is -3.83. The van der Waals surface area contributed by atoms with Crippen LogP contribution in [0.25, 0.3) is 10.9 Å². The molecule has 0 amide bonds. The van der Waals surface area contributed by atoms with Crippen LogP contribution in [0.1, 0.15) is 24.8 Å². The number of aromatic nitrogens is 1. The zero-order chi connectivity index (χ0) is 19.9. The molecule has 2 aromatic carbocycles. The Kier molecular flexibility index (Phi) is 4.79. The molecule has 0 aliphatic carbocycles. The highest BCUT2D eigenvalue weighted by atomic mass is 32.2. The lowest BCUT2D eigenvalue weighted by Gasteiger charge is -2.30. The van der Waals surface area contributed by atoms with Gasteiger partial charge in [-0.2, -0.15) is 0 Å². The van der Waals surface area contributed by atoms with Crippen LogP contribution in [0.2, 0.25) is 0 Å². The summed E-state index contributed by atoms with van der Waals surface area (Å²) in [5.41, 5.74) is 1.97. The topological polar surface area (TPSA) is 51.5 Å². The molecule has 0 spiro atoms. The highest BCUT2D eigenvalue weighted by molar-refractivity contribution is 7.90. The zero-order valence-electron chi connectivity index (χ0n) is 16.0. The van der Waals surface area contributed by atoms with Crippen molar-refractivity contribution in [2.75, 3.05) is 25.1 Å². The second-order valence-corrected chi connectivity index (χ2v) is 8.97. The summed E-state index contributed by atoms with van der Waals surface area (Å²) in [4.78, 5) is 2.37. The lowest BCUT2D eigenvalue weighted by molar-refractivity contribution is 0.412. The summed E-state index contributed by atoms with van der Waals surface area (Å²) in [5.74, 6) is 0.277. The first-order chi connectivity index (χ1) is 13.4. The molecule has 1 aromatic heterocycles. The van der Waals surface area contributed by atoms with Gasteiger partial charge in [0.2, 0.25) is 0 Å². The summed E-state index contributed by atoms with van der Waals surface area (Å²) in [7, 11) is -2.24. The fraction of sp³-hybridized carbons (Fsp3) is 0.333. The summed E-state index contributed by atoms with van der Waals surface area (Å²) in [6, 6.07) is 9.10. The Morgan fingerprint density at radius 3 is 2.50 bits per heavy atom. The van der Waals surface area contributed by atoms with E-state index in [0.29, 0.717) is 22.2 Å². The second kappa shape index (κ2) is 7.13. The number of ether oxygens (including phenoxy) is 1. The number of methoxy groups -OCH3 is 1. The predicted molar refractivity (Wildman–Crippen MR) is 108 cm³/mol. The maximum absolute atomic E-state index is 13.6. The van der Waals surface area contributed by atoms with Gasteiger partial charge in [0, 0.05) is 24.7 Å². The fourth-order valence-electron chi connectivity index (χ4n) is 3.86. The quantitative estimate of drug-likeness (QED) is 0.652. The van der Waals surface area contributed by atoms with E-state index in [1.165, 1.54) is 28.6 Å². The third kappa shape index (κ3) is 3.13. The van der Waals surface area contributed by atoms with Crippen molar-refractivity contribution in [3.63, 3.8) is 0 Å². The van der Waals surface area contributed by atoms with Crippen molar-refractivity contribution in [2.24, 2.45) is 0 Å². The van der Waals surface area contributed by atoms with Gasteiger partial charge in [-0.3, -0.25) is 0 Å². The Balaban J connectivity index is 1.84. The van der Waals surface area contributed by atoms with Crippen molar-refractivity contribution < 1.29 is 17.5 Å². The van der Waals surface area contributed by atoms with Gasteiger partial charge in [0.25, 0.3) is 10.0 Å². The van der Waals surface area contributed by atoms with Crippen LogP contribution < -0.4 is 9.64 Å². The summed E-state index contributed by atoms with van der Waals surface area (Å²) in [5, 5.41) is 0.591. The molecule has 3 aromatic rings. The van der Waals surface area contributed by atoms with E-state index in [-0.39, 0.29) is 10.7 Å². The zero-order valence-corrected chi connectivity index (χ0v) is 16.8. The first-order valence-electron chi connectivity index (χ1n) is 9.37. The average molecular weight is 402 g/mol. The van der Waals surface area contributed by atoms with Gasteiger partial charge in [0.1, 0.15) is 11.6 Å². The molecule has 4 rings (SSSR count). The Bertz CT molecular complexity index is 1130. The van der Waals surface area contributed by atoms with Gasteiger partial charge in [-0.25, -0.2) is 16.8 Å². The number of halogens is 1. The van der Waals surface area contributed by atoms with Crippen molar-refractivity contribution in [2.45, 2.75) is 31.1 Å². The maximum Gasteiger partial charge on any atom is 0.268 e. The average Bonchev–Trinajstić information content (AvgIpc) is 3.05. The van der Waals surface area contributed by atoms with Crippen molar-refractivity contribution in [3.8, 4) is 5.75 Å². The van der Waals surface area contributed by atoms with E-state index in [9.17, 15) is 12.8 Å². The van der Waals surface area contributed by atoms with Gasteiger partial charge in [-0.1, -0.05) is 0 Å². The number of hydrogen-bond acceptors (Lipinski definition) is 4. The molecule has 5 nitrogen and oxygen atoms in total. The van der Waals surface area contributed by atoms with E-state index < -0.39 is 10.0 Å². The van der Waals surface area contributed by atoms with Gasteiger partial charge >= 0.3 is 0 Å². The number of hydrogen-bond donors (Lipinski definition) is 0. The number of anilines is 1. The number of nitrogens with zero attached hydrogens (tertiary/aromatic N) is 2. The molecule has 2 heterocycles. The van der Waals surface area contributed by atoms with Crippen molar-refractivity contribution >= 4 is 26.6 Å². The molecule has 0 atom stereocenters. The van der Waals surface area contributed by atoms with Gasteiger partial charge in [0.05, 0.1) is 23.2 Å². The van der Waals surface area contributed by atoms with E-state index >= 15 is 0 Å². The molecule has 148 valence electrons. The third-order valence-electron chi connectivity index (χ3n) is 5.34. The van der Waals surface area contributed by atoms with Crippen molar-refractivity contribution in [1.29, 1.82) is 0 Å². The third-order valence-corrected chi connectivity index (χ3v) is 7.01. The van der Waals surface area contributed by atoms with Crippen LogP contribution in [-0.4, -0.2) is 32.6 Å². The SMILES string of the molecule is COc1ccc(S(=O)(=O)n2cc(C)c3cc(F)ccc32)cc1N1CCCCC1. The maximum atomic E-state index is 13.6. The summed E-state index contributed by atoms with van der Waals surface area (Å²) in [6.45, 7) is 3.54. The smallest absolute Gasteiger partial charge is 0.268 e. The van der Waals surface area contributed by atoms with Crippen LogP contribution in [0.4, 0.5) is 10.1 Å². The van der Waals surface area contributed by atoms with Gasteiger partial charge in [0.15, 0.2) is 0 Å². The van der Waals surface area contributed by atoms with Gasteiger partial charge < -0.3 is 9.64 Å². The first kappa shape index (κ1) is 18.8. The van der Waals surface area contributed by atoms with Crippen LogP contribution in [-0.2, 0) is 10.0 Å². The van der Waals surface area contributed by atoms with Crippen LogP contribution in [0.15, 0.2) is 47.5 Å². The minimum Gasteiger partial charge on any atom is -0.495 e. The Hall–Kier alpha value is -2.54. The highest BCUT2D eigenvalue weighted by Crippen LogP contribution is 2.34. The molecule has 0 saturated carbocycles. The lowest BCUT2D eigenvalue weighted by Crippen LogP contribution is -2.30. The number of rotatable bonds is 4. The Morgan fingerprint density at radius 1 is 1.04 bits per heavy atom. The summed E-state index contributed by atoms with van der Waals surface area (Å²) < 4.78 is 47.1. The van der Waals surface area contributed by atoms with Crippen molar-refractivity contribution in [3.05, 3.63) is 54.0 Å². The molecular weight excluding hydrogens is 379 g/mol. The van der Waals surface area contributed by atoms with E-state index in [1.54, 1.807) is 38.4 Å². The van der Waals surface area contributed by atoms with E-state index in [2.05, 4.69) is 4.90 Å². The molecule has 1 aliphatic heterocycles. The van der Waals surface area contributed by atoms with Gasteiger partial charge in [-0.05, 0) is 68.1 Å². The molecule has 7 heteroatoms. The predicted octanol–water partition coefficient (Wildman–Crippen LogP) is 4.32. The monoisotopic (exact) mass is 402 g/mol. The van der Waals surface area contributed by atoms with Crippen LogP contribution in [0.5, 0.6) is 5.75 Å². The lowest BCUT2D eigenvalue weighted by atomic mass is 10.1. The van der Waals surface area contributed by atoms with Crippen LogP contribution in [0, 0.1) is 12.7 Å². The molecule has 28 heavy (non-hydrogen) atoms. The van der Waals surface area contributed by atoms with E-state index in [4.69, 9.17) is 4.74 Å². The first-order valence-corrected chi connectivity index (χ1v) is 10.8. The molecule has 0 unspecified atom stereocenters. The van der Waals surface area contributed by atoms with Gasteiger partial charge in [-0.15, -0.1) is 0 Å². The highest BCUT2D eigenvalue weighted by Gasteiger charge is 2.24. The second-order valence-electron chi connectivity index (χ2n) is 7.16. The van der Waals surface area contributed by atoms with Crippen LogP contribution in [0.3, 0.4) is 0 Å². The largest absolute Gasteiger partial charge is 0.495 e. The molecule has 1 fully saturated rings. The molecule has 1 aliphatic rings. The molecule has 0 radical (unpaired) electrons. The minimum absolute atomic E-state index is 0.190. The Labute approximate surface area is 164 Å². The van der Waals surface area contributed by atoms with E-state index in [0.717, 1.165) is 31.6 Å². The molecule has 1 saturated heterocycles. The number of benzene rings is 2. The van der Waals surface area contributed by atoms with Crippen LogP contribution >= 0.6 is 0 Å². The Morgan fingerprint density at radius 2 is 1.79 bits per heavy atom. The molecular formula is C21H23FN2O3S. The van der Waals surface area contributed by atoms with Crippen molar-refractivity contribution in [1.82, 2.24) is 3.97 Å². The molecule has 0 N–H and O–H groups in total. The number of aryl methyl sites for hydroxylation is 1. The standard InChI is InChI=1S/C21H23FN2O3S/c1-15-14-24(19-8-6-16(22)12-18(15)19)28(25,26)17-7-9-21(27-2)20(13-17)23-10-4-3-5-11-23/h6-9,12-14H,3-5,10-11H2,1-2H3. The summed E-state index contributed by atoms with van der Waals surface area (Å²) in [6.07, 6.45) is 4.88. The molecule has 0 bridgehead atoms. The normalized spacial score (nSPS) is 15.2. The van der Waals surface area contributed by atoms with E-state index in [1.807, 2.05) is 0 Å².